The Hall–Kier alpha value is -2.59. The number of carbonyl (C=O) groups excluding carboxylic acids is 1. The molecule has 1 amide bonds. The maximum atomic E-state index is 12.6. The van der Waals surface area contributed by atoms with Crippen molar-refractivity contribution in [2.45, 2.75) is 19.9 Å². The molecule has 2 aromatic carbocycles. The van der Waals surface area contributed by atoms with E-state index in [2.05, 4.69) is 26.5 Å². The summed E-state index contributed by atoms with van der Waals surface area (Å²) in [6.07, 6.45) is 2.47. The van der Waals surface area contributed by atoms with Crippen LogP contribution in [0.3, 0.4) is 0 Å². The third-order valence-electron chi connectivity index (χ3n) is 4.06. The second kappa shape index (κ2) is 10.4. The third-order valence-corrected chi connectivity index (χ3v) is 5.80. The molecular formula is C20H24BrN3O5S. The molecule has 0 aromatic heterocycles. The number of hydrogen-bond acceptors (Lipinski definition) is 6. The van der Waals surface area contributed by atoms with E-state index in [4.69, 9.17) is 9.47 Å². The zero-order valence-electron chi connectivity index (χ0n) is 17.1. The Balaban J connectivity index is 2.19. The molecule has 0 aliphatic rings. The van der Waals surface area contributed by atoms with E-state index in [1.54, 1.807) is 36.4 Å². The van der Waals surface area contributed by atoms with Gasteiger partial charge in [-0.25, -0.2) is 13.8 Å². The van der Waals surface area contributed by atoms with Crippen LogP contribution in [0.25, 0.3) is 0 Å². The SMILES string of the molecule is CCOc1ccc(N([C@@H](C)C(=O)NN=Cc2cc(Br)ccc2OC)S(C)(=O)=O)cc1. The molecule has 8 nitrogen and oxygen atoms in total. The van der Waals surface area contributed by atoms with Crippen molar-refractivity contribution in [1.29, 1.82) is 0 Å². The van der Waals surface area contributed by atoms with Gasteiger partial charge in [0.2, 0.25) is 10.0 Å². The quantitative estimate of drug-likeness (QED) is 0.423. The van der Waals surface area contributed by atoms with Crippen molar-refractivity contribution in [3.63, 3.8) is 0 Å². The Kier molecular flexibility index (Phi) is 8.24. The average Bonchev–Trinajstić information content (AvgIpc) is 2.68. The van der Waals surface area contributed by atoms with Gasteiger partial charge in [0.05, 0.1) is 31.9 Å². The van der Waals surface area contributed by atoms with Crippen molar-refractivity contribution in [1.82, 2.24) is 5.43 Å². The van der Waals surface area contributed by atoms with Gasteiger partial charge in [-0.3, -0.25) is 9.10 Å². The molecule has 0 saturated carbocycles. The summed E-state index contributed by atoms with van der Waals surface area (Å²) >= 11 is 3.36. The van der Waals surface area contributed by atoms with E-state index in [1.165, 1.54) is 20.2 Å². The van der Waals surface area contributed by atoms with Crippen LogP contribution < -0.4 is 19.2 Å². The van der Waals surface area contributed by atoms with Crippen molar-refractivity contribution in [3.05, 3.63) is 52.5 Å². The first-order valence-corrected chi connectivity index (χ1v) is 11.7. The zero-order chi connectivity index (χ0) is 22.3. The molecular weight excluding hydrogens is 474 g/mol. The van der Waals surface area contributed by atoms with Gasteiger partial charge in [0.1, 0.15) is 17.5 Å². The highest BCUT2D eigenvalue weighted by Crippen LogP contribution is 2.24. The number of ether oxygens (including phenoxy) is 2. The highest BCUT2D eigenvalue weighted by molar-refractivity contribution is 9.10. The van der Waals surface area contributed by atoms with E-state index in [1.807, 2.05) is 13.0 Å². The van der Waals surface area contributed by atoms with Gasteiger partial charge in [0, 0.05) is 10.0 Å². The van der Waals surface area contributed by atoms with Crippen molar-refractivity contribution in [2.24, 2.45) is 5.10 Å². The summed E-state index contributed by atoms with van der Waals surface area (Å²) < 4.78 is 37.2. The number of halogens is 1. The van der Waals surface area contributed by atoms with Gasteiger partial charge in [-0.15, -0.1) is 0 Å². The highest BCUT2D eigenvalue weighted by Gasteiger charge is 2.29. The number of sulfonamides is 1. The summed E-state index contributed by atoms with van der Waals surface area (Å²) in [6.45, 7) is 3.84. The summed E-state index contributed by atoms with van der Waals surface area (Å²) in [6, 6.07) is 10.8. The van der Waals surface area contributed by atoms with Gasteiger partial charge in [-0.05, 0) is 56.3 Å². The number of nitrogens with zero attached hydrogens (tertiary/aromatic N) is 2. The van der Waals surface area contributed by atoms with Gasteiger partial charge in [-0.1, -0.05) is 15.9 Å². The third kappa shape index (κ3) is 6.20. The fourth-order valence-corrected chi connectivity index (χ4v) is 4.28. The van der Waals surface area contributed by atoms with Crippen LogP contribution >= 0.6 is 15.9 Å². The lowest BCUT2D eigenvalue weighted by Crippen LogP contribution is -2.46. The van der Waals surface area contributed by atoms with E-state index >= 15 is 0 Å². The molecule has 30 heavy (non-hydrogen) atoms. The number of methoxy groups -OCH3 is 1. The van der Waals surface area contributed by atoms with Gasteiger partial charge in [0.25, 0.3) is 5.91 Å². The standard InChI is InChI=1S/C20H24BrN3O5S/c1-5-29-18-9-7-17(8-10-18)24(30(4,26)27)14(2)20(25)23-22-13-15-12-16(21)6-11-19(15)28-3/h6-14H,5H2,1-4H3,(H,23,25)/t14-/m0/s1. The Labute approximate surface area is 185 Å². The average molecular weight is 498 g/mol. The molecule has 0 unspecified atom stereocenters. The lowest BCUT2D eigenvalue weighted by atomic mass is 10.2. The molecule has 0 radical (unpaired) electrons. The Morgan fingerprint density at radius 2 is 1.93 bits per heavy atom. The van der Waals surface area contributed by atoms with Gasteiger partial charge >= 0.3 is 0 Å². The van der Waals surface area contributed by atoms with Gasteiger partial charge in [0.15, 0.2) is 0 Å². The number of amides is 1. The van der Waals surface area contributed by atoms with Gasteiger partial charge in [-0.2, -0.15) is 5.10 Å². The Bertz CT molecular complexity index is 1010. The number of nitrogens with one attached hydrogen (secondary N) is 1. The molecule has 2 aromatic rings. The van der Waals surface area contributed by atoms with Crippen LogP contribution in [0.5, 0.6) is 11.5 Å². The molecule has 1 atom stereocenters. The molecule has 0 aliphatic carbocycles. The number of carbonyl (C=O) groups is 1. The van der Waals surface area contributed by atoms with Crippen molar-refractivity contribution < 1.29 is 22.7 Å². The van der Waals surface area contributed by atoms with E-state index in [-0.39, 0.29) is 0 Å². The molecule has 0 heterocycles. The summed E-state index contributed by atoms with van der Waals surface area (Å²) in [7, 11) is -2.20. The zero-order valence-corrected chi connectivity index (χ0v) is 19.5. The first-order chi connectivity index (χ1) is 14.2. The largest absolute Gasteiger partial charge is 0.496 e. The topological polar surface area (TPSA) is 97.3 Å². The van der Waals surface area contributed by atoms with E-state index in [0.29, 0.717) is 29.4 Å². The summed E-state index contributed by atoms with van der Waals surface area (Å²) in [4.78, 5) is 12.6. The molecule has 0 saturated heterocycles. The van der Waals surface area contributed by atoms with E-state index in [9.17, 15) is 13.2 Å². The minimum Gasteiger partial charge on any atom is -0.496 e. The smallest absolute Gasteiger partial charge is 0.263 e. The second-order valence-electron chi connectivity index (χ2n) is 6.28. The summed E-state index contributed by atoms with van der Waals surface area (Å²) in [5.74, 6) is 0.607. The molecule has 0 aliphatic heterocycles. The van der Waals surface area contributed by atoms with Crippen molar-refractivity contribution in [2.75, 3.05) is 24.3 Å². The maximum absolute atomic E-state index is 12.6. The van der Waals surface area contributed by atoms with Crippen LogP contribution in [0.15, 0.2) is 52.0 Å². The Morgan fingerprint density at radius 3 is 2.50 bits per heavy atom. The monoisotopic (exact) mass is 497 g/mol. The first kappa shape index (κ1) is 23.7. The highest BCUT2D eigenvalue weighted by atomic mass is 79.9. The van der Waals surface area contributed by atoms with Crippen molar-refractivity contribution in [3.8, 4) is 11.5 Å². The first-order valence-electron chi connectivity index (χ1n) is 9.06. The second-order valence-corrected chi connectivity index (χ2v) is 9.06. The number of hydrogen-bond donors (Lipinski definition) is 1. The fourth-order valence-electron chi connectivity index (χ4n) is 2.73. The van der Waals surface area contributed by atoms with Crippen LogP contribution in [0, 0.1) is 0 Å². The van der Waals surface area contributed by atoms with Crippen LogP contribution in [-0.4, -0.2) is 46.6 Å². The molecule has 0 fully saturated rings. The Morgan fingerprint density at radius 1 is 1.27 bits per heavy atom. The molecule has 162 valence electrons. The summed E-state index contributed by atoms with van der Waals surface area (Å²) in [5.41, 5.74) is 3.38. The number of hydrazone groups is 1. The van der Waals surface area contributed by atoms with Gasteiger partial charge < -0.3 is 9.47 Å². The molecule has 1 N–H and O–H groups in total. The van der Waals surface area contributed by atoms with Crippen LogP contribution in [0.4, 0.5) is 5.69 Å². The lowest BCUT2D eigenvalue weighted by molar-refractivity contribution is -0.121. The van der Waals surface area contributed by atoms with Crippen molar-refractivity contribution >= 4 is 43.8 Å². The number of anilines is 1. The molecule has 10 heteroatoms. The summed E-state index contributed by atoms with van der Waals surface area (Å²) in [5, 5.41) is 3.94. The maximum Gasteiger partial charge on any atom is 0.263 e. The van der Waals surface area contributed by atoms with E-state index in [0.717, 1.165) is 15.0 Å². The van der Waals surface area contributed by atoms with E-state index < -0.39 is 22.0 Å². The minimum atomic E-state index is -3.73. The molecule has 2 rings (SSSR count). The van der Waals surface area contributed by atoms with Crippen LogP contribution in [-0.2, 0) is 14.8 Å². The minimum absolute atomic E-state index is 0.348. The normalized spacial score (nSPS) is 12.4. The fraction of sp³-hybridized carbons (Fsp3) is 0.300. The van der Waals surface area contributed by atoms with Crippen LogP contribution in [0.1, 0.15) is 19.4 Å². The number of rotatable bonds is 9. The number of benzene rings is 2. The lowest BCUT2D eigenvalue weighted by Gasteiger charge is -2.27. The predicted molar refractivity (Wildman–Crippen MR) is 121 cm³/mol. The molecule has 0 spiro atoms. The molecule has 0 bridgehead atoms. The predicted octanol–water partition coefficient (Wildman–Crippen LogP) is 3.16. The van der Waals surface area contributed by atoms with Crippen LogP contribution in [0.2, 0.25) is 0 Å².